The van der Waals surface area contributed by atoms with Crippen LogP contribution in [0.25, 0.3) is 11.3 Å². The molecule has 1 aromatic heterocycles. The molecule has 0 spiro atoms. The molecular formula is C24H27N3O3S2. The monoisotopic (exact) mass is 469 g/mol. The Hall–Kier alpha value is -2.84. The summed E-state index contributed by atoms with van der Waals surface area (Å²) in [5.41, 5.74) is 2.53. The van der Waals surface area contributed by atoms with E-state index in [1.54, 1.807) is 0 Å². The van der Waals surface area contributed by atoms with Crippen LogP contribution < -0.4 is 15.4 Å². The van der Waals surface area contributed by atoms with Crippen molar-refractivity contribution in [3.63, 3.8) is 0 Å². The zero-order valence-corrected chi connectivity index (χ0v) is 19.9. The molecule has 0 saturated carbocycles. The smallest absolute Gasteiger partial charge is 0.236 e. The number of nitrogens with zero attached hydrogens (tertiary/aromatic N) is 1. The lowest BCUT2D eigenvalue weighted by Crippen LogP contribution is -2.14. The van der Waals surface area contributed by atoms with Gasteiger partial charge < -0.3 is 15.4 Å². The molecule has 2 aromatic carbocycles. The Morgan fingerprint density at radius 2 is 1.88 bits per heavy atom. The standard InChI is InChI=1S/C24H27N3O3S2/c1-3-5-9-22(28)25-18-7-6-8-20(14-18)31-16-23(29)27-24-26-21(15-32-24)17-10-12-19(13-11-17)30-4-2/h6-8,10-15H,3-5,9,16H2,1-2H3,(H,25,28)(H,26,27,29). The molecular weight excluding hydrogens is 442 g/mol. The maximum absolute atomic E-state index is 12.4. The number of amides is 2. The Kier molecular flexibility index (Phi) is 9.13. The van der Waals surface area contributed by atoms with E-state index in [4.69, 9.17) is 4.74 Å². The molecule has 0 aliphatic rings. The number of thiazole rings is 1. The Morgan fingerprint density at radius 3 is 2.62 bits per heavy atom. The fourth-order valence-corrected chi connectivity index (χ4v) is 4.37. The minimum atomic E-state index is -0.125. The highest BCUT2D eigenvalue weighted by atomic mass is 32.2. The molecule has 168 valence electrons. The molecule has 0 bridgehead atoms. The van der Waals surface area contributed by atoms with Crippen molar-refractivity contribution in [2.24, 2.45) is 0 Å². The van der Waals surface area contributed by atoms with Crippen LogP contribution in [0, 0.1) is 0 Å². The van der Waals surface area contributed by atoms with E-state index in [9.17, 15) is 9.59 Å². The normalized spacial score (nSPS) is 10.6. The van der Waals surface area contributed by atoms with Crippen molar-refractivity contribution in [2.45, 2.75) is 38.0 Å². The second kappa shape index (κ2) is 12.3. The van der Waals surface area contributed by atoms with Crippen molar-refractivity contribution >= 4 is 45.7 Å². The van der Waals surface area contributed by atoms with Crippen LogP contribution in [-0.4, -0.2) is 29.2 Å². The van der Waals surface area contributed by atoms with Crippen LogP contribution in [-0.2, 0) is 9.59 Å². The van der Waals surface area contributed by atoms with E-state index in [-0.39, 0.29) is 17.6 Å². The molecule has 0 fully saturated rings. The molecule has 8 heteroatoms. The fourth-order valence-electron chi connectivity index (χ4n) is 2.88. The molecule has 32 heavy (non-hydrogen) atoms. The topological polar surface area (TPSA) is 80.3 Å². The second-order valence-corrected chi connectivity index (χ2v) is 8.92. The van der Waals surface area contributed by atoms with Gasteiger partial charge in [-0.05, 0) is 55.8 Å². The molecule has 1 heterocycles. The van der Waals surface area contributed by atoms with E-state index in [1.165, 1.54) is 23.1 Å². The van der Waals surface area contributed by atoms with Crippen LogP contribution >= 0.6 is 23.1 Å². The molecule has 0 atom stereocenters. The maximum Gasteiger partial charge on any atom is 0.236 e. The lowest BCUT2D eigenvalue weighted by Gasteiger charge is -2.07. The van der Waals surface area contributed by atoms with Crippen LogP contribution in [0.15, 0.2) is 58.8 Å². The van der Waals surface area contributed by atoms with Gasteiger partial charge in [-0.1, -0.05) is 19.4 Å². The van der Waals surface area contributed by atoms with Gasteiger partial charge in [-0.25, -0.2) is 4.98 Å². The number of aromatic nitrogens is 1. The Balaban J connectivity index is 1.50. The summed E-state index contributed by atoms with van der Waals surface area (Å²) < 4.78 is 5.46. The first-order chi connectivity index (χ1) is 15.6. The van der Waals surface area contributed by atoms with E-state index < -0.39 is 0 Å². The number of ether oxygens (including phenoxy) is 1. The molecule has 0 saturated heterocycles. The average molecular weight is 470 g/mol. The molecule has 3 rings (SSSR count). The predicted octanol–water partition coefficient (Wildman–Crippen LogP) is 6.07. The van der Waals surface area contributed by atoms with Crippen molar-refractivity contribution in [2.75, 3.05) is 23.0 Å². The number of rotatable bonds is 11. The Morgan fingerprint density at radius 1 is 1.06 bits per heavy atom. The number of nitrogens with one attached hydrogen (secondary N) is 2. The highest BCUT2D eigenvalue weighted by Gasteiger charge is 2.10. The minimum Gasteiger partial charge on any atom is -0.494 e. The van der Waals surface area contributed by atoms with Crippen molar-refractivity contribution < 1.29 is 14.3 Å². The summed E-state index contributed by atoms with van der Waals surface area (Å²) in [4.78, 5) is 29.7. The van der Waals surface area contributed by atoms with Crippen molar-refractivity contribution in [1.29, 1.82) is 0 Å². The number of carbonyl (C=O) groups is 2. The van der Waals surface area contributed by atoms with Gasteiger partial charge in [-0.15, -0.1) is 23.1 Å². The summed E-state index contributed by atoms with van der Waals surface area (Å²) >= 11 is 2.81. The molecule has 0 unspecified atom stereocenters. The van der Waals surface area contributed by atoms with E-state index in [0.717, 1.165) is 40.4 Å². The van der Waals surface area contributed by atoms with E-state index in [0.29, 0.717) is 18.2 Å². The molecule has 0 aliphatic carbocycles. The van der Waals surface area contributed by atoms with Crippen molar-refractivity contribution in [1.82, 2.24) is 4.98 Å². The van der Waals surface area contributed by atoms with Crippen LogP contribution in [0.1, 0.15) is 33.1 Å². The van der Waals surface area contributed by atoms with Crippen LogP contribution in [0.2, 0.25) is 0 Å². The number of anilines is 2. The largest absolute Gasteiger partial charge is 0.494 e. The molecule has 2 amide bonds. The molecule has 0 aliphatic heterocycles. The van der Waals surface area contributed by atoms with Gasteiger partial charge in [0.2, 0.25) is 11.8 Å². The lowest BCUT2D eigenvalue weighted by molar-refractivity contribution is -0.116. The van der Waals surface area contributed by atoms with E-state index >= 15 is 0 Å². The molecule has 0 radical (unpaired) electrons. The summed E-state index contributed by atoms with van der Waals surface area (Å²) in [7, 11) is 0. The minimum absolute atomic E-state index is 0.0128. The predicted molar refractivity (Wildman–Crippen MR) is 133 cm³/mol. The van der Waals surface area contributed by atoms with Crippen molar-refractivity contribution in [3.8, 4) is 17.0 Å². The zero-order chi connectivity index (χ0) is 22.8. The summed E-state index contributed by atoms with van der Waals surface area (Å²) in [6.07, 6.45) is 2.37. The van der Waals surface area contributed by atoms with Crippen LogP contribution in [0.5, 0.6) is 5.75 Å². The average Bonchev–Trinajstić information content (AvgIpc) is 3.25. The van der Waals surface area contributed by atoms with Gasteiger partial charge >= 0.3 is 0 Å². The Labute approximate surface area is 196 Å². The number of thioether (sulfide) groups is 1. The first-order valence-corrected chi connectivity index (χ1v) is 12.4. The van der Waals surface area contributed by atoms with Gasteiger partial charge in [0.15, 0.2) is 5.13 Å². The summed E-state index contributed by atoms with van der Waals surface area (Å²) in [5.74, 6) is 0.964. The highest BCUT2D eigenvalue weighted by Crippen LogP contribution is 2.27. The molecule has 2 N–H and O–H groups in total. The van der Waals surface area contributed by atoms with Gasteiger partial charge in [0.05, 0.1) is 18.1 Å². The third kappa shape index (κ3) is 7.39. The van der Waals surface area contributed by atoms with Gasteiger partial charge in [0.1, 0.15) is 5.75 Å². The van der Waals surface area contributed by atoms with Gasteiger partial charge in [-0.3, -0.25) is 9.59 Å². The van der Waals surface area contributed by atoms with Crippen LogP contribution in [0.3, 0.4) is 0 Å². The quantitative estimate of drug-likeness (QED) is 0.333. The maximum atomic E-state index is 12.4. The van der Waals surface area contributed by atoms with Gasteiger partial charge in [0.25, 0.3) is 0 Å². The third-order valence-corrected chi connectivity index (χ3v) is 6.21. The van der Waals surface area contributed by atoms with E-state index in [1.807, 2.05) is 60.8 Å². The number of unbranched alkanes of at least 4 members (excludes halogenated alkanes) is 1. The van der Waals surface area contributed by atoms with Gasteiger partial charge in [0, 0.05) is 27.9 Å². The Bertz CT molecular complexity index is 1030. The first-order valence-electron chi connectivity index (χ1n) is 10.6. The number of hydrogen-bond donors (Lipinski definition) is 2. The SMILES string of the molecule is CCCCC(=O)Nc1cccc(SCC(=O)Nc2nc(-c3ccc(OCC)cc3)cs2)c1. The first kappa shape index (κ1) is 23.8. The summed E-state index contributed by atoms with van der Waals surface area (Å²) in [6, 6.07) is 15.3. The number of benzene rings is 2. The van der Waals surface area contributed by atoms with Crippen molar-refractivity contribution in [3.05, 3.63) is 53.9 Å². The molecule has 3 aromatic rings. The summed E-state index contributed by atoms with van der Waals surface area (Å²) in [5, 5.41) is 8.25. The van der Waals surface area contributed by atoms with Gasteiger partial charge in [-0.2, -0.15) is 0 Å². The third-order valence-electron chi connectivity index (χ3n) is 4.46. The highest BCUT2D eigenvalue weighted by molar-refractivity contribution is 8.00. The van der Waals surface area contributed by atoms with E-state index in [2.05, 4.69) is 22.5 Å². The van der Waals surface area contributed by atoms with Crippen LogP contribution in [0.4, 0.5) is 10.8 Å². The number of carbonyl (C=O) groups excluding carboxylic acids is 2. The number of hydrogen-bond acceptors (Lipinski definition) is 6. The zero-order valence-electron chi connectivity index (χ0n) is 18.2. The lowest BCUT2D eigenvalue weighted by atomic mass is 10.2. The second-order valence-electron chi connectivity index (χ2n) is 7.01. The fraction of sp³-hybridized carbons (Fsp3) is 0.292. The molecule has 6 nitrogen and oxygen atoms in total. The summed E-state index contributed by atoms with van der Waals surface area (Å²) in [6.45, 7) is 4.63.